The van der Waals surface area contributed by atoms with E-state index < -0.39 is 5.56 Å². The summed E-state index contributed by atoms with van der Waals surface area (Å²) in [7, 11) is 1.53. The number of hydrogen-bond donors (Lipinski definition) is 1. The third-order valence-electron chi connectivity index (χ3n) is 2.88. The zero-order chi connectivity index (χ0) is 16.1. The second-order valence-corrected chi connectivity index (χ2v) is 4.83. The van der Waals surface area contributed by atoms with Gasteiger partial charge in [0.1, 0.15) is 18.2 Å². The Morgan fingerprint density at radius 3 is 2.95 bits per heavy atom. The fourth-order valence-corrected chi connectivity index (χ4v) is 1.97. The van der Waals surface area contributed by atoms with Crippen LogP contribution in [-0.2, 0) is 17.9 Å². The molecule has 2 aromatic rings. The number of hydrogen-bond acceptors (Lipinski definition) is 6. The molecule has 0 atom stereocenters. The summed E-state index contributed by atoms with van der Waals surface area (Å²) >= 11 is 5.73. The first-order chi connectivity index (χ1) is 10.5. The summed E-state index contributed by atoms with van der Waals surface area (Å²) in [5.74, 6) is 0.415. The number of pyridine rings is 1. The van der Waals surface area contributed by atoms with Gasteiger partial charge in [0.15, 0.2) is 5.82 Å². The number of halogens is 1. The van der Waals surface area contributed by atoms with Crippen molar-refractivity contribution in [1.29, 1.82) is 0 Å². The minimum atomic E-state index is -0.442. The minimum absolute atomic E-state index is 0.0397. The van der Waals surface area contributed by atoms with Crippen LogP contribution >= 0.6 is 11.6 Å². The van der Waals surface area contributed by atoms with E-state index in [1.807, 2.05) is 6.92 Å². The number of methoxy groups -OCH3 is 1. The molecule has 0 saturated carbocycles. The van der Waals surface area contributed by atoms with Gasteiger partial charge in [-0.15, -0.1) is 0 Å². The summed E-state index contributed by atoms with van der Waals surface area (Å²) in [6.45, 7) is 2.64. The highest BCUT2D eigenvalue weighted by Gasteiger charge is 2.18. The van der Waals surface area contributed by atoms with E-state index in [9.17, 15) is 9.59 Å². The molecule has 0 aliphatic carbocycles. The third kappa shape index (κ3) is 3.71. The number of aromatic nitrogens is 3. The zero-order valence-corrected chi connectivity index (χ0v) is 12.9. The lowest BCUT2D eigenvalue weighted by molar-refractivity contribution is 0.0734. The lowest BCUT2D eigenvalue weighted by atomic mass is 10.2. The molecule has 0 spiro atoms. The first-order valence-electron chi connectivity index (χ1n) is 6.53. The van der Waals surface area contributed by atoms with Crippen molar-refractivity contribution >= 4 is 17.5 Å². The van der Waals surface area contributed by atoms with E-state index in [2.05, 4.69) is 15.1 Å². The number of nitrogens with one attached hydrogen (secondary N) is 1. The monoisotopic (exact) mass is 326 g/mol. The quantitative estimate of drug-likeness (QED) is 0.856. The van der Waals surface area contributed by atoms with Crippen molar-refractivity contribution in [2.45, 2.75) is 20.1 Å². The molecular weight excluding hydrogens is 312 g/mol. The van der Waals surface area contributed by atoms with Gasteiger partial charge < -0.3 is 19.1 Å². The van der Waals surface area contributed by atoms with E-state index in [1.54, 1.807) is 0 Å². The number of ether oxygens (including phenoxy) is 1. The van der Waals surface area contributed by atoms with Crippen molar-refractivity contribution in [2.75, 3.05) is 13.7 Å². The van der Waals surface area contributed by atoms with Gasteiger partial charge in [-0.2, -0.15) is 4.98 Å². The molecule has 9 heteroatoms. The van der Waals surface area contributed by atoms with Crippen molar-refractivity contribution in [1.82, 2.24) is 20.0 Å². The van der Waals surface area contributed by atoms with Crippen LogP contribution in [0.1, 0.15) is 29.0 Å². The van der Waals surface area contributed by atoms with Crippen LogP contribution < -0.4 is 5.56 Å². The predicted octanol–water partition coefficient (Wildman–Crippen LogP) is 1.22. The largest absolute Gasteiger partial charge is 0.377 e. The van der Waals surface area contributed by atoms with Crippen molar-refractivity contribution < 1.29 is 14.1 Å². The number of aromatic amines is 1. The lowest BCUT2D eigenvalue weighted by Gasteiger charge is -2.18. The fourth-order valence-electron chi connectivity index (χ4n) is 1.79. The molecule has 1 N–H and O–H groups in total. The normalized spacial score (nSPS) is 10.7. The van der Waals surface area contributed by atoms with Gasteiger partial charge in [-0.05, 0) is 13.0 Å². The average Bonchev–Trinajstić information content (AvgIpc) is 2.94. The van der Waals surface area contributed by atoms with Crippen LogP contribution in [0.2, 0.25) is 5.02 Å². The van der Waals surface area contributed by atoms with Crippen molar-refractivity contribution in [2.24, 2.45) is 0 Å². The van der Waals surface area contributed by atoms with E-state index in [1.165, 1.54) is 24.3 Å². The van der Waals surface area contributed by atoms with Crippen molar-refractivity contribution in [3.05, 3.63) is 44.9 Å². The standard InChI is InChI=1S/C13H15ClN4O4/c1-3-18(6-11-16-10(7-21-2)17-22-11)13(20)8-4-9(14)12(19)15-5-8/h4-5H,3,6-7H2,1-2H3,(H,15,19). The second kappa shape index (κ2) is 7.19. The second-order valence-electron chi connectivity index (χ2n) is 4.42. The fraction of sp³-hybridized carbons (Fsp3) is 0.385. The van der Waals surface area contributed by atoms with Gasteiger partial charge in [-0.3, -0.25) is 9.59 Å². The summed E-state index contributed by atoms with van der Waals surface area (Å²) in [5.41, 5.74) is -0.162. The smallest absolute Gasteiger partial charge is 0.266 e. The molecule has 0 fully saturated rings. The van der Waals surface area contributed by atoms with E-state index in [4.69, 9.17) is 20.9 Å². The highest BCUT2D eigenvalue weighted by Crippen LogP contribution is 2.11. The predicted molar refractivity (Wildman–Crippen MR) is 77.5 cm³/mol. The number of carbonyl (C=O) groups excluding carboxylic acids is 1. The van der Waals surface area contributed by atoms with Crippen molar-refractivity contribution in [3.8, 4) is 0 Å². The van der Waals surface area contributed by atoms with Crippen LogP contribution in [0.15, 0.2) is 21.6 Å². The Labute approximate surface area is 131 Å². The topological polar surface area (TPSA) is 101 Å². The molecular formula is C13H15ClN4O4. The minimum Gasteiger partial charge on any atom is -0.377 e. The van der Waals surface area contributed by atoms with Crippen LogP contribution in [0.5, 0.6) is 0 Å². The van der Waals surface area contributed by atoms with Crippen LogP contribution in [0, 0.1) is 0 Å². The Hall–Kier alpha value is -2.19. The molecule has 0 aliphatic heterocycles. The van der Waals surface area contributed by atoms with Gasteiger partial charge >= 0.3 is 0 Å². The number of amides is 1. The first-order valence-corrected chi connectivity index (χ1v) is 6.90. The van der Waals surface area contributed by atoms with Gasteiger partial charge in [0.05, 0.1) is 5.56 Å². The van der Waals surface area contributed by atoms with Crippen LogP contribution in [0.3, 0.4) is 0 Å². The van der Waals surface area contributed by atoms with E-state index in [-0.39, 0.29) is 29.6 Å². The Kier molecular flexibility index (Phi) is 5.29. The Balaban J connectivity index is 2.14. The maximum Gasteiger partial charge on any atom is 0.266 e. The Morgan fingerprint density at radius 2 is 2.32 bits per heavy atom. The molecule has 0 aliphatic rings. The van der Waals surface area contributed by atoms with E-state index >= 15 is 0 Å². The highest BCUT2D eigenvalue weighted by atomic mass is 35.5. The first kappa shape index (κ1) is 16.2. The molecule has 2 heterocycles. The zero-order valence-electron chi connectivity index (χ0n) is 12.1. The van der Waals surface area contributed by atoms with Crippen LogP contribution in [0.25, 0.3) is 0 Å². The summed E-state index contributed by atoms with van der Waals surface area (Å²) in [4.78, 5) is 31.7. The number of rotatable bonds is 6. The van der Waals surface area contributed by atoms with Gasteiger partial charge in [-0.25, -0.2) is 0 Å². The summed E-state index contributed by atoms with van der Waals surface area (Å²) in [6.07, 6.45) is 1.32. The number of nitrogens with zero attached hydrogens (tertiary/aromatic N) is 3. The molecule has 118 valence electrons. The molecule has 8 nitrogen and oxygen atoms in total. The van der Waals surface area contributed by atoms with Crippen LogP contribution in [-0.4, -0.2) is 39.6 Å². The number of H-pyrrole nitrogens is 1. The Morgan fingerprint density at radius 1 is 1.55 bits per heavy atom. The average molecular weight is 327 g/mol. The van der Waals surface area contributed by atoms with E-state index in [0.717, 1.165) is 0 Å². The van der Waals surface area contributed by atoms with Gasteiger partial charge in [-0.1, -0.05) is 16.8 Å². The van der Waals surface area contributed by atoms with Crippen LogP contribution in [0.4, 0.5) is 0 Å². The molecule has 0 radical (unpaired) electrons. The molecule has 0 bridgehead atoms. The Bertz CT molecular complexity index is 712. The van der Waals surface area contributed by atoms with Gasteiger partial charge in [0.2, 0.25) is 5.89 Å². The molecule has 0 saturated heterocycles. The maximum atomic E-state index is 12.4. The molecule has 2 rings (SSSR count). The molecule has 0 aromatic carbocycles. The summed E-state index contributed by atoms with van der Waals surface area (Å²) in [6, 6.07) is 1.33. The maximum absolute atomic E-state index is 12.4. The number of carbonyl (C=O) groups is 1. The summed E-state index contributed by atoms with van der Waals surface area (Å²) < 4.78 is 9.96. The van der Waals surface area contributed by atoms with E-state index in [0.29, 0.717) is 18.3 Å². The van der Waals surface area contributed by atoms with Crippen molar-refractivity contribution in [3.63, 3.8) is 0 Å². The molecule has 22 heavy (non-hydrogen) atoms. The van der Waals surface area contributed by atoms with Gasteiger partial charge in [0.25, 0.3) is 11.5 Å². The molecule has 0 unspecified atom stereocenters. The summed E-state index contributed by atoms with van der Waals surface area (Å²) in [5, 5.41) is 3.69. The lowest BCUT2D eigenvalue weighted by Crippen LogP contribution is -2.31. The molecule has 1 amide bonds. The van der Waals surface area contributed by atoms with Gasteiger partial charge in [0, 0.05) is 19.9 Å². The third-order valence-corrected chi connectivity index (χ3v) is 3.16. The molecule has 2 aromatic heterocycles. The highest BCUT2D eigenvalue weighted by molar-refractivity contribution is 6.30. The SMILES string of the molecule is CCN(Cc1nc(COC)no1)C(=O)c1c[nH]c(=O)c(Cl)c1.